The van der Waals surface area contributed by atoms with Crippen molar-refractivity contribution < 1.29 is 4.74 Å². The van der Waals surface area contributed by atoms with E-state index in [1.54, 1.807) is 11.3 Å². The number of nitrogens with one attached hydrogen (secondary N) is 1. The fourth-order valence-corrected chi connectivity index (χ4v) is 4.23. The molecule has 0 fully saturated rings. The zero-order valence-corrected chi connectivity index (χ0v) is 13.7. The summed E-state index contributed by atoms with van der Waals surface area (Å²) >= 11 is 3.15. The average molecular weight is 339 g/mol. The minimum atomic E-state index is 0.0864. The molecule has 0 aliphatic rings. The van der Waals surface area contributed by atoms with Crippen LogP contribution in [0, 0.1) is 5.41 Å². The maximum absolute atomic E-state index is 7.58. The number of nitrogens with two attached hydrogens (primary N) is 1. The predicted octanol–water partition coefficient (Wildman–Crippen LogP) is 4.37. The largest absolute Gasteiger partial charge is 0.486 e. The minimum Gasteiger partial charge on any atom is -0.486 e. The number of hydrogen-bond donors (Lipinski definition) is 2. The molecule has 23 heavy (non-hydrogen) atoms. The molecule has 0 radical (unpaired) electrons. The van der Waals surface area contributed by atoms with Crippen LogP contribution in [0.5, 0.6) is 5.75 Å². The number of fused-ring (bicyclic) bond motifs is 2. The van der Waals surface area contributed by atoms with Gasteiger partial charge in [0, 0.05) is 10.1 Å². The number of aromatic nitrogens is 1. The first kappa shape index (κ1) is 14.2. The Labute approximate surface area is 140 Å². The van der Waals surface area contributed by atoms with Gasteiger partial charge in [-0.1, -0.05) is 18.2 Å². The Morgan fingerprint density at radius 2 is 1.91 bits per heavy atom. The van der Waals surface area contributed by atoms with Crippen molar-refractivity contribution in [2.24, 2.45) is 5.73 Å². The van der Waals surface area contributed by atoms with Crippen LogP contribution < -0.4 is 10.5 Å². The lowest BCUT2D eigenvalue weighted by atomic mass is 10.2. The molecule has 0 unspecified atom stereocenters. The molecule has 0 aliphatic heterocycles. The molecule has 2 aromatic carbocycles. The molecule has 0 bridgehead atoms. The standard InChI is InChI=1S/C17H13N3OS2/c18-17(19)15-8-10-12(5-3-7-13(10)22-15)21-9-16-20-11-4-1-2-6-14(11)23-16/h1-8H,9H2,(H3,18,19). The third-order valence-corrected chi connectivity index (χ3v) is 5.62. The van der Waals surface area contributed by atoms with Crippen LogP contribution in [0.25, 0.3) is 20.3 Å². The topological polar surface area (TPSA) is 72.0 Å². The van der Waals surface area contributed by atoms with Crippen molar-refractivity contribution in [2.45, 2.75) is 6.61 Å². The highest BCUT2D eigenvalue weighted by molar-refractivity contribution is 7.21. The number of rotatable bonds is 4. The van der Waals surface area contributed by atoms with Gasteiger partial charge in [0.25, 0.3) is 0 Å². The van der Waals surface area contributed by atoms with E-state index in [0.29, 0.717) is 6.61 Å². The van der Waals surface area contributed by atoms with Gasteiger partial charge < -0.3 is 10.5 Å². The van der Waals surface area contributed by atoms with E-state index in [2.05, 4.69) is 11.1 Å². The molecule has 6 heteroatoms. The number of benzene rings is 2. The van der Waals surface area contributed by atoms with E-state index in [1.807, 2.05) is 42.5 Å². The Kier molecular flexibility index (Phi) is 3.48. The second-order valence-electron chi connectivity index (χ2n) is 5.06. The van der Waals surface area contributed by atoms with Gasteiger partial charge in [-0.3, -0.25) is 5.41 Å². The van der Waals surface area contributed by atoms with E-state index in [0.717, 1.165) is 31.2 Å². The Morgan fingerprint density at radius 1 is 1.09 bits per heavy atom. The van der Waals surface area contributed by atoms with Crippen LogP contribution in [0.1, 0.15) is 9.88 Å². The van der Waals surface area contributed by atoms with Gasteiger partial charge in [-0.05, 0) is 30.3 Å². The van der Waals surface area contributed by atoms with Crippen molar-refractivity contribution in [2.75, 3.05) is 0 Å². The fourth-order valence-electron chi connectivity index (χ4n) is 2.41. The summed E-state index contributed by atoms with van der Waals surface area (Å²) in [7, 11) is 0. The van der Waals surface area contributed by atoms with Gasteiger partial charge in [0.1, 0.15) is 23.2 Å². The van der Waals surface area contributed by atoms with Crippen LogP contribution in [-0.4, -0.2) is 10.8 Å². The normalized spacial score (nSPS) is 11.1. The maximum atomic E-state index is 7.58. The minimum absolute atomic E-state index is 0.0864. The third-order valence-electron chi connectivity index (χ3n) is 3.48. The molecule has 0 saturated carbocycles. The Morgan fingerprint density at radius 3 is 2.74 bits per heavy atom. The van der Waals surface area contributed by atoms with Gasteiger partial charge in [-0.15, -0.1) is 22.7 Å². The van der Waals surface area contributed by atoms with Crippen LogP contribution in [0.4, 0.5) is 0 Å². The highest BCUT2D eigenvalue weighted by atomic mass is 32.1. The van der Waals surface area contributed by atoms with Gasteiger partial charge >= 0.3 is 0 Å². The molecule has 0 amide bonds. The van der Waals surface area contributed by atoms with Gasteiger partial charge in [-0.2, -0.15) is 0 Å². The zero-order valence-electron chi connectivity index (χ0n) is 12.1. The van der Waals surface area contributed by atoms with E-state index in [4.69, 9.17) is 15.9 Å². The number of para-hydroxylation sites is 1. The summed E-state index contributed by atoms with van der Waals surface area (Å²) in [5.41, 5.74) is 6.58. The second-order valence-corrected chi connectivity index (χ2v) is 7.26. The van der Waals surface area contributed by atoms with Gasteiger partial charge in [0.05, 0.1) is 15.1 Å². The van der Waals surface area contributed by atoms with E-state index in [9.17, 15) is 0 Å². The lowest BCUT2D eigenvalue weighted by molar-refractivity contribution is 0.309. The molecular weight excluding hydrogens is 326 g/mol. The smallest absolute Gasteiger partial charge is 0.140 e. The van der Waals surface area contributed by atoms with Crippen molar-refractivity contribution in [1.82, 2.24) is 4.98 Å². The number of nitrogen functional groups attached to an aromatic ring is 1. The molecule has 3 N–H and O–H groups in total. The molecule has 2 heterocycles. The highest BCUT2D eigenvalue weighted by Crippen LogP contribution is 2.33. The number of thiophene rings is 1. The molecule has 2 aromatic heterocycles. The SMILES string of the molecule is N=C(N)c1cc2c(OCc3nc4ccccc4s3)cccc2s1. The van der Waals surface area contributed by atoms with Crippen molar-refractivity contribution in [3.63, 3.8) is 0 Å². The first-order valence-electron chi connectivity index (χ1n) is 7.05. The lowest BCUT2D eigenvalue weighted by Crippen LogP contribution is -2.08. The van der Waals surface area contributed by atoms with Crippen LogP contribution in [0.3, 0.4) is 0 Å². The van der Waals surface area contributed by atoms with Gasteiger partial charge in [-0.25, -0.2) is 4.98 Å². The summed E-state index contributed by atoms with van der Waals surface area (Å²) < 4.78 is 8.20. The quantitative estimate of drug-likeness (QED) is 0.428. The molecule has 114 valence electrons. The summed E-state index contributed by atoms with van der Waals surface area (Å²) in [6.07, 6.45) is 0. The molecular formula is C17H13N3OS2. The van der Waals surface area contributed by atoms with Crippen LogP contribution >= 0.6 is 22.7 Å². The van der Waals surface area contributed by atoms with E-state index < -0.39 is 0 Å². The van der Waals surface area contributed by atoms with Crippen molar-refractivity contribution in [3.05, 3.63) is 58.4 Å². The number of thiazole rings is 1. The van der Waals surface area contributed by atoms with Crippen LogP contribution in [-0.2, 0) is 6.61 Å². The van der Waals surface area contributed by atoms with Crippen molar-refractivity contribution in [1.29, 1.82) is 5.41 Å². The number of hydrogen-bond acceptors (Lipinski definition) is 5. The zero-order chi connectivity index (χ0) is 15.8. The van der Waals surface area contributed by atoms with E-state index >= 15 is 0 Å². The second kappa shape index (κ2) is 5.64. The summed E-state index contributed by atoms with van der Waals surface area (Å²) in [6, 6.07) is 15.9. The number of ether oxygens (including phenoxy) is 1. The summed E-state index contributed by atoms with van der Waals surface area (Å²) in [6.45, 7) is 0.434. The molecule has 0 saturated heterocycles. The summed E-state index contributed by atoms with van der Waals surface area (Å²) in [4.78, 5) is 5.34. The number of nitrogens with zero attached hydrogens (tertiary/aromatic N) is 1. The molecule has 0 atom stereocenters. The monoisotopic (exact) mass is 339 g/mol. The van der Waals surface area contributed by atoms with Crippen LogP contribution in [0.2, 0.25) is 0 Å². The molecule has 0 aliphatic carbocycles. The van der Waals surface area contributed by atoms with E-state index in [-0.39, 0.29) is 5.84 Å². The van der Waals surface area contributed by atoms with Gasteiger partial charge in [0.2, 0.25) is 0 Å². The Hall–Kier alpha value is -2.44. The number of amidine groups is 1. The van der Waals surface area contributed by atoms with E-state index in [1.165, 1.54) is 16.0 Å². The van der Waals surface area contributed by atoms with Crippen molar-refractivity contribution >= 4 is 48.8 Å². The molecule has 4 aromatic rings. The summed E-state index contributed by atoms with van der Waals surface area (Å²) in [5.74, 6) is 0.883. The average Bonchev–Trinajstić information content (AvgIpc) is 3.16. The highest BCUT2D eigenvalue weighted by Gasteiger charge is 2.10. The molecule has 4 rings (SSSR count). The maximum Gasteiger partial charge on any atom is 0.140 e. The Balaban J connectivity index is 1.63. The third kappa shape index (κ3) is 2.67. The fraction of sp³-hybridized carbons (Fsp3) is 0.0588. The van der Waals surface area contributed by atoms with Gasteiger partial charge in [0.15, 0.2) is 0 Å². The predicted molar refractivity (Wildman–Crippen MR) is 96.8 cm³/mol. The van der Waals surface area contributed by atoms with Crippen molar-refractivity contribution in [3.8, 4) is 5.75 Å². The first-order valence-corrected chi connectivity index (χ1v) is 8.68. The lowest BCUT2D eigenvalue weighted by Gasteiger charge is -2.05. The summed E-state index contributed by atoms with van der Waals surface area (Å²) in [5, 5.41) is 9.51. The Bertz CT molecular complexity index is 986. The first-order chi connectivity index (χ1) is 11.2. The molecule has 0 spiro atoms. The molecule has 4 nitrogen and oxygen atoms in total. The van der Waals surface area contributed by atoms with Crippen LogP contribution in [0.15, 0.2) is 48.5 Å².